The van der Waals surface area contributed by atoms with Crippen LogP contribution in [0.5, 0.6) is 0 Å². The van der Waals surface area contributed by atoms with Crippen LogP contribution in [0.1, 0.15) is 23.7 Å². The maximum Gasteiger partial charge on any atom is 0.253 e. The summed E-state index contributed by atoms with van der Waals surface area (Å²) < 4.78 is 0. The zero-order chi connectivity index (χ0) is 13.9. The van der Waals surface area contributed by atoms with Gasteiger partial charge in [-0.05, 0) is 31.2 Å². The summed E-state index contributed by atoms with van der Waals surface area (Å²) in [5, 5.41) is 9.72. The van der Waals surface area contributed by atoms with Crippen molar-refractivity contribution in [3.8, 4) is 0 Å². The van der Waals surface area contributed by atoms with Gasteiger partial charge in [-0.2, -0.15) is 5.10 Å². The highest BCUT2D eigenvalue weighted by molar-refractivity contribution is 5.94. The van der Waals surface area contributed by atoms with Gasteiger partial charge in [0.15, 0.2) is 0 Å². The first kappa shape index (κ1) is 13.1. The normalized spacial score (nSPS) is 19.1. The molecular weight excluding hydrogens is 252 g/mol. The Morgan fingerprint density at radius 1 is 1.15 bits per heavy atom. The Bertz CT molecular complexity index is 517. The molecule has 3 rings (SSSR count). The van der Waals surface area contributed by atoms with Gasteiger partial charge in [0, 0.05) is 50.4 Å². The first-order valence-electron chi connectivity index (χ1n) is 7.16. The van der Waals surface area contributed by atoms with E-state index in [0.717, 1.165) is 56.1 Å². The van der Waals surface area contributed by atoms with E-state index in [-0.39, 0.29) is 5.91 Å². The van der Waals surface area contributed by atoms with E-state index in [1.54, 1.807) is 0 Å². The van der Waals surface area contributed by atoms with Crippen molar-refractivity contribution < 1.29 is 4.79 Å². The van der Waals surface area contributed by atoms with Crippen molar-refractivity contribution in [2.45, 2.75) is 13.3 Å². The van der Waals surface area contributed by atoms with Crippen molar-refractivity contribution in [2.24, 2.45) is 5.10 Å². The number of carbonyl (C=O) groups is 1. The van der Waals surface area contributed by atoms with E-state index in [1.165, 1.54) is 0 Å². The summed E-state index contributed by atoms with van der Waals surface area (Å²) in [6.45, 7) is 6.31. The largest absolute Gasteiger partial charge is 0.336 e. The molecule has 106 valence electrons. The van der Waals surface area contributed by atoms with Gasteiger partial charge < -0.3 is 10.2 Å². The van der Waals surface area contributed by atoms with Gasteiger partial charge in [-0.25, -0.2) is 0 Å². The number of rotatable bonds is 2. The van der Waals surface area contributed by atoms with Crippen molar-refractivity contribution in [1.29, 1.82) is 0 Å². The third kappa shape index (κ3) is 2.67. The minimum atomic E-state index is 0.124. The highest BCUT2D eigenvalue weighted by Crippen LogP contribution is 2.20. The third-order valence-corrected chi connectivity index (χ3v) is 3.79. The summed E-state index contributed by atoms with van der Waals surface area (Å²) in [5.74, 6) is 0.124. The first-order valence-corrected chi connectivity index (χ1v) is 7.16. The fourth-order valence-corrected chi connectivity index (χ4v) is 2.59. The van der Waals surface area contributed by atoms with E-state index in [1.807, 2.05) is 41.1 Å². The Labute approximate surface area is 119 Å². The molecule has 0 unspecified atom stereocenters. The average molecular weight is 272 g/mol. The third-order valence-electron chi connectivity index (χ3n) is 3.79. The molecule has 5 heteroatoms. The van der Waals surface area contributed by atoms with Gasteiger partial charge in [0.25, 0.3) is 5.91 Å². The second-order valence-electron chi connectivity index (χ2n) is 5.30. The number of carbonyl (C=O) groups excluding carboxylic acids is 1. The van der Waals surface area contributed by atoms with Crippen molar-refractivity contribution in [3.05, 3.63) is 29.8 Å². The molecule has 20 heavy (non-hydrogen) atoms. The SMILES string of the molecule is CC1=NN(c2ccc(C(=O)N3CCNCC3)cc2)CC1. The van der Waals surface area contributed by atoms with Crippen LogP contribution in [0.2, 0.25) is 0 Å². The topological polar surface area (TPSA) is 47.9 Å². The zero-order valence-corrected chi connectivity index (χ0v) is 11.8. The molecule has 2 aliphatic heterocycles. The lowest BCUT2D eigenvalue weighted by atomic mass is 10.1. The van der Waals surface area contributed by atoms with Crippen LogP contribution in [0.15, 0.2) is 29.4 Å². The van der Waals surface area contributed by atoms with E-state index in [0.29, 0.717) is 0 Å². The number of nitrogens with zero attached hydrogens (tertiary/aromatic N) is 3. The number of hydrogen-bond acceptors (Lipinski definition) is 4. The maximum absolute atomic E-state index is 12.3. The molecule has 1 fully saturated rings. The van der Waals surface area contributed by atoms with Gasteiger partial charge in [-0.15, -0.1) is 0 Å². The molecule has 0 spiro atoms. The highest BCUT2D eigenvalue weighted by atomic mass is 16.2. The predicted octanol–water partition coefficient (Wildman–Crippen LogP) is 1.32. The van der Waals surface area contributed by atoms with Gasteiger partial charge in [-0.3, -0.25) is 9.80 Å². The molecule has 0 atom stereocenters. The van der Waals surface area contributed by atoms with Gasteiger partial charge in [0.1, 0.15) is 0 Å². The van der Waals surface area contributed by atoms with E-state index in [9.17, 15) is 4.79 Å². The summed E-state index contributed by atoms with van der Waals surface area (Å²) in [5.41, 5.74) is 2.97. The smallest absolute Gasteiger partial charge is 0.253 e. The van der Waals surface area contributed by atoms with Gasteiger partial charge >= 0.3 is 0 Å². The molecular formula is C15H20N4O. The second-order valence-corrected chi connectivity index (χ2v) is 5.30. The molecule has 1 amide bonds. The Kier molecular flexibility index (Phi) is 3.69. The number of anilines is 1. The van der Waals surface area contributed by atoms with E-state index >= 15 is 0 Å². The molecule has 1 N–H and O–H groups in total. The molecule has 0 aromatic heterocycles. The molecule has 1 saturated heterocycles. The van der Waals surface area contributed by atoms with Crippen molar-refractivity contribution in [2.75, 3.05) is 37.7 Å². The van der Waals surface area contributed by atoms with Crippen LogP contribution in [0.4, 0.5) is 5.69 Å². The van der Waals surface area contributed by atoms with Gasteiger partial charge in [0.2, 0.25) is 0 Å². The molecule has 1 aromatic rings. The standard InChI is InChI=1S/C15H20N4O/c1-12-6-9-19(17-12)14-4-2-13(3-5-14)15(20)18-10-7-16-8-11-18/h2-5,16H,6-11H2,1H3. The summed E-state index contributed by atoms with van der Waals surface area (Å²) in [6, 6.07) is 7.78. The maximum atomic E-state index is 12.3. The van der Waals surface area contributed by atoms with E-state index < -0.39 is 0 Å². The molecule has 5 nitrogen and oxygen atoms in total. The van der Waals surface area contributed by atoms with Crippen LogP contribution < -0.4 is 10.3 Å². The second kappa shape index (κ2) is 5.63. The number of amides is 1. The lowest BCUT2D eigenvalue weighted by Crippen LogP contribution is -2.46. The molecule has 0 aliphatic carbocycles. The van der Waals surface area contributed by atoms with Crippen LogP contribution in [0.3, 0.4) is 0 Å². The lowest BCUT2D eigenvalue weighted by molar-refractivity contribution is 0.0736. The summed E-state index contributed by atoms with van der Waals surface area (Å²) >= 11 is 0. The summed E-state index contributed by atoms with van der Waals surface area (Å²) in [4.78, 5) is 14.2. The highest BCUT2D eigenvalue weighted by Gasteiger charge is 2.18. The van der Waals surface area contributed by atoms with Crippen molar-refractivity contribution in [1.82, 2.24) is 10.2 Å². The molecule has 2 heterocycles. The molecule has 0 bridgehead atoms. The number of hydrogen-bond donors (Lipinski definition) is 1. The van der Waals surface area contributed by atoms with Crippen molar-refractivity contribution >= 4 is 17.3 Å². The number of benzene rings is 1. The summed E-state index contributed by atoms with van der Waals surface area (Å²) in [7, 11) is 0. The first-order chi connectivity index (χ1) is 9.74. The average Bonchev–Trinajstić information content (AvgIpc) is 2.94. The minimum absolute atomic E-state index is 0.124. The van der Waals surface area contributed by atoms with E-state index in [4.69, 9.17) is 0 Å². The fraction of sp³-hybridized carbons (Fsp3) is 0.467. The molecule has 0 saturated carbocycles. The molecule has 2 aliphatic rings. The van der Waals surface area contributed by atoms with Gasteiger partial charge in [-0.1, -0.05) is 0 Å². The van der Waals surface area contributed by atoms with Crippen LogP contribution in [0.25, 0.3) is 0 Å². The Balaban J connectivity index is 1.71. The van der Waals surface area contributed by atoms with Crippen LogP contribution in [-0.2, 0) is 0 Å². The quantitative estimate of drug-likeness (QED) is 0.883. The zero-order valence-electron chi connectivity index (χ0n) is 11.8. The minimum Gasteiger partial charge on any atom is -0.336 e. The Hall–Kier alpha value is -1.88. The molecule has 1 aromatic carbocycles. The summed E-state index contributed by atoms with van der Waals surface area (Å²) in [6.07, 6.45) is 1.02. The molecule has 0 radical (unpaired) electrons. The Morgan fingerprint density at radius 3 is 2.45 bits per heavy atom. The van der Waals surface area contributed by atoms with Crippen LogP contribution in [-0.4, -0.2) is 49.2 Å². The number of nitrogens with one attached hydrogen (secondary N) is 1. The lowest BCUT2D eigenvalue weighted by Gasteiger charge is -2.27. The van der Waals surface area contributed by atoms with Crippen LogP contribution in [0, 0.1) is 0 Å². The van der Waals surface area contributed by atoms with Crippen LogP contribution >= 0.6 is 0 Å². The monoisotopic (exact) mass is 272 g/mol. The number of hydrazone groups is 1. The predicted molar refractivity (Wildman–Crippen MR) is 80.3 cm³/mol. The van der Waals surface area contributed by atoms with E-state index in [2.05, 4.69) is 10.4 Å². The number of piperazine rings is 1. The van der Waals surface area contributed by atoms with Crippen molar-refractivity contribution in [3.63, 3.8) is 0 Å². The van der Waals surface area contributed by atoms with Gasteiger partial charge in [0.05, 0.1) is 5.69 Å². The Morgan fingerprint density at radius 2 is 1.85 bits per heavy atom. The fourth-order valence-electron chi connectivity index (χ4n) is 2.59.